The highest BCUT2D eigenvalue weighted by molar-refractivity contribution is 6.30. The minimum Gasteiger partial charge on any atom is -0.391 e. The maximum atomic E-state index is 12.9. The number of aliphatic hydroxyl groups excluding tert-OH is 1. The number of carbonyl (C=O) groups excluding carboxylic acids is 3. The molecular weight excluding hydrogens is 472 g/mol. The standard InChI is InChI=1S/C25H31ClN4O5/c1-3-4-13-35-16-23(32)29(2)20-11-9-18(10-12-20)27-24(33)22-14-21(31)15-30(22)25(34)28-19-7-5-17(26)6-8-19/h5-12,21-22,31H,3-4,13-16H2,1-2H3,(H,27,33)(H,28,34)/t21-,22-/m1/s1. The number of ether oxygens (including phenoxy) is 1. The first-order valence-corrected chi connectivity index (χ1v) is 11.9. The van der Waals surface area contributed by atoms with Gasteiger partial charge in [0, 0.05) is 48.7 Å². The Bertz CT molecular complexity index is 1020. The molecular formula is C25H31ClN4O5. The van der Waals surface area contributed by atoms with Crippen molar-refractivity contribution in [3.63, 3.8) is 0 Å². The molecule has 0 unspecified atom stereocenters. The van der Waals surface area contributed by atoms with E-state index in [2.05, 4.69) is 17.6 Å². The number of unbranched alkanes of at least 4 members (excludes halogenated alkanes) is 1. The van der Waals surface area contributed by atoms with Crippen LogP contribution >= 0.6 is 11.6 Å². The lowest BCUT2D eigenvalue weighted by atomic mass is 10.1. The highest BCUT2D eigenvalue weighted by atomic mass is 35.5. The monoisotopic (exact) mass is 502 g/mol. The number of nitrogens with one attached hydrogen (secondary N) is 2. The van der Waals surface area contributed by atoms with Gasteiger partial charge in [-0.2, -0.15) is 0 Å². The third kappa shape index (κ3) is 7.42. The van der Waals surface area contributed by atoms with Crippen molar-refractivity contribution in [2.45, 2.75) is 38.3 Å². The number of halogens is 1. The van der Waals surface area contributed by atoms with Crippen LogP contribution < -0.4 is 15.5 Å². The van der Waals surface area contributed by atoms with Crippen molar-refractivity contribution in [1.29, 1.82) is 0 Å². The molecule has 35 heavy (non-hydrogen) atoms. The van der Waals surface area contributed by atoms with E-state index in [-0.39, 0.29) is 25.5 Å². The van der Waals surface area contributed by atoms with E-state index < -0.39 is 24.1 Å². The third-order valence-corrected chi connectivity index (χ3v) is 5.95. The first-order valence-electron chi connectivity index (χ1n) is 11.5. The summed E-state index contributed by atoms with van der Waals surface area (Å²) < 4.78 is 5.38. The van der Waals surface area contributed by atoms with Crippen LogP contribution in [0.5, 0.6) is 0 Å². The third-order valence-electron chi connectivity index (χ3n) is 5.70. The van der Waals surface area contributed by atoms with Gasteiger partial charge in [-0.1, -0.05) is 24.9 Å². The molecule has 9 nitrogen and oxygen atoms in total. The fraction of sp³-hybridized carbons (Fsp3) is 0.400. The number of amides is 4. The molecule has 188 valence electrons. The highest BCUT2D eigenvalue weighted by Crippen LogP contribution is 2.23. The van der Waals surface area contributed by atoms with Gasteiger partial charge in [-0.15, -0.1) is 0 Å². The predicted octanol–water partition coefficient (Wildman–Crippen LogP) is 3.73. The number of β-amino-alcohol motifs (C(OH)–C–C–N with tert-alkyl or cyclic N) is 1. The minimum absolute atomic E-state index is 0.00686. The second-order valence-electron chi connectivity index (χ2n) is 8.39. The maximum Gasteiger partial charge on any atom is 0.322 e. The fourth-order valence-electron chi connectivity index (χ4n) is 3.66. The lowest BCUT2D eigenvalue weighted by Crippen LogP contribution is -2.45. The summed E-state index contributed by atoms with van der Waals surface area (Å²) in [6.45, 7) is 2.66. The van der Waals surface area contributed by atoms with Crippen molar-refractivity contribution >= 4 is 46.5 Å². The van der Waals surface area contributed by atoms with Gasteiger partial charge >= 0.3 is 6.03 Å². The summed E-state index contributed by atoms with van der Waals surface area (Å²) in [7, 11) is 1.66. The van der Waals surface area contributed by atoms with Gasteiger partial charge in [-0.05, 0) is 55.0 Å². The van der Waals surface area contributed by atoms with Crippen LogP contribution in [0.15, 0.2) is 48.5 Å². The van der Waals surface area contributed by atoms with Gasteiger partial charge in [0.25, 0.3) is 5.91 Å². The van der Waals surface area contributed by atoms with Gasteiger partial charge in [-0.3, -0.25) is 9.59 Å². The number of likely N-dealkylation sites (N-methyl/N-ethyl adjacent to an activating group) is 1. The zero-order valence-electron chi connectivity index (χ0n) is 19.9. The van der Waals surface area contributed by atoms with Gasteiger partial charge in [0.2, 0.25) is 5.91 Å². The number of urea groups is 1. The molecule has 10 heteroatoms. The molecule has 2 atom stereocenters. The molecule has 3 rings (SSSR count). The van der Waals surface area contributed by atoms with Crippen LogP contribution in [0.4, 0.5) is 21.9 Å². The van der Waals surface area contributed by atoms with Crippen LogP contribution in [-0.2, 0) is 14.3 Å². The van der Waals surface area contributed by atoms with Crippen molar-refractivity contribution in [3.8, 4) is 0 Å². The van der Waals surface area contributed by atoms with E-state index in [1.165, 1.54) is 9.80 Å². The quantitative estimate of drug-likeness (QED) is 0.452. The molecule has 1 saturated heterocycles. The number of benzene rings is 2. The van der Waals surface area contributed by atoms with Crippen molar-refractivity contribution < 1.29 is 24.2 Å². The van der Waals surface area contributed by atoms with Gasteiger partial charge in [0.05, 0.1) is 6.10 Å². The number of likely N-dealkylation sites (tertiary alicyclic amines) is 1. The Morgan fingerprint density at radius 1 is 1.09 bits per heavy atom. The van der Waals surface area contributed by atoms with Crippen molar-refractivity contribution in [3.05, 3.63) is 53.6 Å². The Kier molecular flexibility index (Phi) is 9.47. The molecule has 0 spiro atoms. The number of anilines is 3. The Morgan fingerprint density at radius 3 is 2.37 bits per heavy atom. The van der Waals surface area contributed by atoms with Crippen molar-refractivity contribution in [2.75, 3.05) is 42.3 Å². The number of hydrogen-bond donors (Lipinski definition) is 3. The number of hydrogen-bond acceptors (Lipinski definition) is 5. The SMILES string of the molecule is CCCCOCC(=O)N(C)c1ccc(NC(=O)[C@H]2C[C@@H](O)CN2C(=O)Nc2ccc(Cl)cc2)cc1. The maximum absolute atomic E-state index is 12.9. The summed E-state index contributed by atoms with van der Waals surface area (Å²) in [6.07, 6.45) is 1.24. The first kappa shape index (κ1) is 26.5. The summed E-state index contributed by atoms with van der Waals surface area (Å²) in [6, 6.07) is 12.1. The van der Waals surface area contributed by atoms with Gasteiger partial charge in [-0.25, -0.2) is 4.79 Å². The fourth-order valence-corrected chi connectivity index (χ4v) is 3.78. The molecule has 1 heterocycles. The molecule has 0 radical (unpaired) electrons. The molecule has 0 aliphatic carbocycles. The zero-order chi connectivity index (χ0) is 25.4. The molecule has 4 amide bonds. The number of rotatable bonds is 9. The summed E-state index contributed by atoms with van der Waals surface area (Å²) in [4.78, 5) is 40.8. The Balaban J connectivity index is 1.57. The Labute approximate surface area is 210 Å². The largest absolute Gasteiger partial charge is 0.391 e. The van der Waals surface area contributed by atoms with Gasteiger partial charge in [0.1, 0.15) is 12.6 Å². The molecule has 0 bridgehead atoms. The molecule has 1 fully saturated rings. The summed E-state index contributed by atoms with van der Waals surface area (Å²) in [5, 5.41) is 16.2. The van der Waals surface area contributed by atoms with Crippen molar-refractivity contribution in [2.24, 2.45) is 0 Å². The predicted molar refractivity (Wildman–Crippen MR) is 136 cm³/mol. The van der Waals surface area contributed by atoms with Crippen molar-refractivity contribution in [1.82, 2.24) is 4.90 Å². The average Bonchev–Trinajstić information content (AvgIpc) is 3.25. The van der Waals surface area contributed by atoms with Crippen LogP contribution in [0.25, 0.3) is 0 Å². The second kappa shape index (κ2) is 12.5. The first-order chi connectivity index (χ1) is 16.8. The molecule has 3 N–H and O–H groups in total. The number of carbonyl (C=O) groups is 3. The van der Waals surface area contributed by atoms with Crippen LogP contribution in [0.1, 0.15) is 26.2 Å². The molecule has 1 aliphatic rings. The summed E-state index contributed by atoms with van der Waals surface area (Å²) in [5.74, 6) is -0.575. The second-order valence-corrected chi connectivity index (χ2v) is 8.83. The molecule has 2 aromatic rings. The normalized spacial score (nSPS) is 17.2. The van der Waals surface area contributed by atoms with E-state index in [4.69, 9.17) is 16.3 Å². The smallest absolute Gasteiger partial charge is 0.322 e. The van der Waals surface area contributed by atoms with E-state index in [0.717, 1.165) is 12.8 Å². The summed E-state index contributed by atoms with van der Waals surface area (Å²) >= 11 is 5.88. The minimum atomic E-state index is -0.832. The number of nitrogens with zero attached hydrogens (tertiary/aromatic N) is 2. The van der Waals surface area contributed by atoms with Crippen LogP contribution in [-0.4, -0.2) is 66.8 Å². The van der Waals surface area contributed by atoms with Gasteiger partial charge in [0.15, 0.2) is 0 Å². The summed E-state index contributed by atoms with van der Waals surface area (Å²) in [5.41, 5.74) is 1.70. The zero-order valence-corrected chi connectivity index (χ0v) is 20.6. The number of aliphatic hydroxyl groups is 1. The molecule has 1 aliphatic heterocycles. The van der Waals surface area contributed by atoms with E-state index in [1.807, 2.05) is 0 Å². The van der Waals surface area contributed by atoms with Crippen LogP contribution in [0.3, 0.4) is 0 Å². The van der Waals surface area contributed by atoms with Gasteiger partial charge < -0.3 is 30.3 Å². The lowest BCUT2D eigenvalue weighted by molar-refractivity contribution is -0.123. The van der Waals surface area contributed by atoms with E-state index in [0.29, 0.717) is 28.7 Å². The lowest BCUT2D eigenvalue weighted by Gasteiger charge is -2.24. The van der Waals surface area contributed by atoms with Crippen LogP contribution in [0, 0.1) is 0 Å². The highest BCUT2D eigenvalue weighted by Gasteiger charge is 2.39. The molecule has 2 aromatic carbocycles. The molecule has 0 saturated carbocycles. The van der Waals surface area contributed by atoms with Crippen LogP contribution in [0.2, 0.25) is 5.02 Å². The topological polar surface area (TPSA) is 111 Å². The molecule has 0 aromatic heterocycles. The Hall–Kier alpha value is -3.14. The average molecular weight is 503 g/mol. The van der Waals surface area contributed by atoms with E-state index >= 15 is 0 Å². The van der Waals surface area contributed by atoms with E-state index in [9.17, 15) is 19.5 Å². The van der Waals surface area contributed by atoms with E-state index in [1.54, 1.807) is 55.6 Å². The Morgan fingerprint density at radius 2 is 1.71 bits per heavy atom.